The van der Waals surface area contributed by atoms with Crippen molar-refractivity contribution in [2.75, 3.05) is 10.5 Å². The molecule has 0 saturated heterocycles. The number of nitrogens with one attached hydrogen (secondary N) is 1. The van der Waals surface area contributed by atoms with Gasteiger partial charge in [0.15, 0.2) is 0 Å². The van der Waals surface area contributed by atoms with E-state index in [1.165, 1.54) is 0 Å². The molecule has 0 amide bonds. The van der Waals surface area contributed by atoms with Crippen LogP contribution in [-0.2, 0) is 22.9 Å². The fourth-order valence-electron chi connectivity index (χ4n) is 1.60. The second-order valence-electron chi connectivity index (χ2n) is 3.66. The third kappa shape index (κ3) is 2.98. The Morgan fingerprint density at radius 1 is 1.06 bits per heavy atom. The van der Waals surface area contributed by atoms with Crippen LogP contribution in [0.5, 0.6) is 0 Å². The highest BCUT2D eigenvalue weighted by atomic mass is 32.2. The summed E-state index contributed by atoms with van der Waals surface area (Å²) >= 11 is 0. The molecule has 90 valence electrons. The first kappa shape index (κ1) is 13.0. The summed E-state index contributed by atoms with van der Waals surface area (Å²) in [6.45, 7) is 5.69. The average molecular weight is 241 g/mol. The molecule has 0 unspecified atom stereocenters. The highest BCUT2D eigenvalue weighted by molar-refractivity contribution is 7.92. The van der Waals surface area contributed by atoms with Gasteiger partial charge in [0, 0.05) is 0 Å². The maximum Gasteiger partial charge on any atom is 0.232 e. The van der Waals surface area contributed by atoms with E-state index >= 15 is 0 Å². The summed E-state index contributed by atoms with van der Waals surface area (Å²) in [5, 5.41) is 0. The minimum absolute atomic E-state index is 0.105. The molecule has 1 aromatic carbocycles. The van der Waals surface area contributed by atoms with Gasteiger partial charge in [0.1, 0.15) is 0 Å². The van der Waals surface area contributed by atoms with Gasteiger partial charge in [-0.05, 0) is 30.9 Å². The number of para-hydroxylation sites is 1. The van der Waals surface area contributed by atoms with Gasteiger partial charge in [0.2, 0.25) is 10.0 Å². The fraction of sp³-hybridized carbons (Fsp3) is 0.500. The van der Waals surface area contributed by atoms with Crippen molar-refractivity contribution in [3.05, 3.63) is 29.3 Å². The predicted octanol–water partition coefficient (Wildman–Crippen LogP) is 2.57. The van der Waals surface area contributed by atoms with E-state index in [1.807, 2.05) is 32.0 Å². The Balaban J connectivity index is 3.19. The normalized spacial score (nSPS) is 11.4. The van der Waals surface area contributed by atoms with Gasteiger partial charge < -0.3 is 0 Å². The Morgan fingerprint density at radius 3 is 1.94 bits per heavy atom. The van der Waals surface area contributed by atoms with Crippen LogP contribution in [0.4, 0.5) is 5.69 Å². The fourth-order valence-corrected chi connectivity index (χ4v) is 2.32. The molecule has 0 spiro atoms. The smallest absolute Gasteiger partial charge is 0.232 e. The van der Waals surface area contributed by atoms with Crippen LogP contribution in [0.2, 0.25) is 0 Å². The lowest BCUT2D eigenvalue weighted by Gasteiger charge is -2.14. The maximum absolute atomic E-state index is 11.6. The monoisotopic (exact) mass is 241 g/mol. The van der Waals surface area contributed by atoms with Gasteiger partial charge in [0.25, 0.3) is 0 Å². The lowest BCUT2D eigenvalue weighted by molar-refractivity contribution is 0.602. The Morgan fingerprint density at radius 2 is 1.56 bits per heavy atom. The van der Waals surface area contributed by atoms with Gasteiger partial charge in [-0.25, -0.2) is 8.42 Å². The molecule has 1 N–H and O–H groups in total. The number of benzene rings is 1. The van der Waals surface area contributed by atoms with E-state index in [1.54, 1.807) is 6.92 Å². The van der Waals surface area contributed by atoms with E-state index in [0.29, 0.717) is 0 Å². The molecule has 0 radical (unpaired) electrons. The average Bonchev–Trinajstić information content (AvgIpc) is 2.29. The topological polar surface area (TPSA) is 46.2 Å². The summed E-state index contributed by atoms with van der Waals surface area (Å²) in [6, 6.07) is 5.90. The van der Waals surface area contributed by atoms with Gasteiger partial charge in [-0.15, -0.1) is 0 Å². The second-order valence-corrected chi connectivity index (χ2v) is 5.67. The molecule has 0 atom stereocenters. The predicted molar refractivity (Wildman–Crippen MR) is 68.3 cm³/mol. The highest BCUT2D eigenvalue weighted by Gasteiger charge is 2.12. The van der Waals surface area contributed by atoms with E-state index < -0.39 is 10.0 Å². The zero-order valence-corrected chi connectivity index (χ0v) is 10.9. The molecule has 0 aromatic heterocycles. The Hall–Kier alpha value is -1.03. The van der Waals surface area contributed by atoms with Crippen molar-refractivity contribution in [2.45, 2.75) is 33.6 Å². The summed E-state index contributed by atoms with van der Waals surface area (Å²) in [5.74, 6) is 0.105. The molecular formula is C12H19NO2S. The van der Waals surface area contributed by atoms with E-state index in [2.05, 4.69) is 4.72 Å². The molecule has 0 heterocycles. The van der Waals surface area contributed by atoms with Crippen LogP contribution < -0.4 is 4.72 Å². The van der Waals surface area contributed by atoms with Crippen molar-refractivity contribution in [3.8, 4) is 0 Å². The summed E-state index contributed by atoms with van der Waals surface area (Å²) in [7, 11) is -3.19. The third-order valence-corrected chi connectivity index (χ3v) is 3.91. The zero-order valence-electron chi connectivity index (χ0n) is 10.1. The van der Waals surface area contributed by atoms with Crippen LogP contribution in [0.15, 0.2) is 18.2 Å². The zero-order chi connectivity index (χ0) is 12.2. The maximum atomic E-state index is 11.6. The first-order valence-electron chi connectivity index (χ1n) is 5.65. The van der Waals surface area contributed by atoms with Gasteiger partial charge in [-0.2, -0.15) is 0 Å². The van der Waals surface area contributed by atoms with Crippen molar-refractivity contribution in [2.24, 2.45) is 0 Å². The van der Waals surface area contributed by atoms with Crippen molar-refractivity contribution in [1.29, 1.82) is 0 Å². The SMILES string of the molecule is CCc1cccc(CC)c1NS(=O)(=O)CC. The van der Waals surface area contributed by atoms with Crippen molar-refractivity contribution in [3.63, 3.8) is 0 Å². The quantitative estimate of drug-likeness (QED) is 0.861. The molecule has 0 saturated carbocycles. The summed E-state index contributed by atoms with van der Waals surface area (Å²) < 4.78 is 25.9. The molecule has 1 rings (SSSR count). The van der Waals surface area contributed by atoms with E-state index in [0.717, 1.165) is 29.7 Å². The molecular weight excluding hydrogens is 222 g/mol. The summed E-state index contributed by atoms with van der Waals surface area (Å²) in [5.41, 5.74) is 2.88. The first-order valence-corrected chi connectivity index (χ1v) is 7.30. The van der Waals surface area contributed by atoms with Crippen LogP contribution in [0.3, 0.4) is 0 Å². The minimum atomic E-state index is -3.19. The number of rotatable bonds is 5. The molecule has 0 fully saturated rings. The standard InChI is InChI=1S/C12H19NO2S/c1-4-10-8-7-9-11(5-2)12(10)13-16(14,15)6-3/h7-9,13H,4-6H2,1-3H3. The molecule has 0 bridgehead atoms. The molecule has 3 nitrogen and oxygen atoms in total. The van der Waals surface area contributed by atoms with Crippen LogP contribution in [0.1, 0.15) is 31.9 Å². The van der Waals surface area contributed by atoms with E-state index in [-0.39, 0.29) is 5.75 Å². The van der Waals surface area contributed by atoms with Crippen LogP contribution in [0.25, 0.3) is 0 Å². The van der Waals surface area contributed by atoms with Crippen molar-refractivity contribution in [1.82, 2.24) is 0 Å². The largest absolute Gasteiger partial charge is 0.283 e. The van der Waals surface area contributed by atoms with Crippen molar-refractivity contribution < 1.29 is 8.42 Å². The Labute approximate surface area is 97.9 Å². The Bertz CT molecular complexity index is 430. The summed E-state index contributed by atoms with van der Waals surface area (Å²) in [4.78, 5) is 0. The Kier molecular flexibility index (Phi) is 4.35. The third-order valence-electron chi connectivity index (χ3n) is 2.64. The van der Waals surface area contributed by atoms with Crippen LogP contribution >= 0.6 is 0 Å². The molecule has 4 heteroatoms. The number of hydrogen-bond donors (Lipinski definition) is 1. The number of aryl methyl sites for hydroxylation is 2. The summed E-state index contributed by atoms with van der Waals surface area (Å²) in [6.07, 6.45) is 1.66. The molecule has 0 aliphatic carbocycles. The van der Waals surface area contributed by atoms with Gasteiger partial charge in [0.05, 0.1) is 11.4 Å². The minimum Gasteiger partial charge on any atom is -0.283 e. The van der Waals surface area contributed by atoms with E-state index in [9.17, 15) is 8.42 Å². The lowest BCUT2D eigenvalue weighted by Crippen LogP contribution is -2.17. The highest BCUT2D eigenvalue weighted by Crippen LogP contribution is 2.23. The molecule has 0 aliphatic heterocycles. The second kappa shape index (κ2) is 5.34. The first-order chi connectivity index (χ1) is 7.54. The lowest BCUT2D eigenvalue weighted by atomic mass is 10.0. The van der Waals surface area contributed by atoms with E-state index in [4.69, 9.17) is 0 Å². The number of hydrogen-bond acceptors (Lipinski definition) is 2. The van der Waals surface area contributed by atoms with Crippen LogP contribution in [-0.4, -0.2) is 14.2 Å². The molecule has 1 aromatic rings. The molecule has 16 heavy (non-hydrogen) atoms. The van der Waals surface area contributed by atoms with Crippen molar-refractivity contribution >= 4 is 15.7 Å². The van der Waals surface area contributed by atoms with Gasteiger partial charge >= 0.3 is 0 Å². The van der Waals surface area contributed by atoms with Gasteiger partial charge in [-0.3, -0.25) is 4.72 Å². The number of anilines is 1. The number of sulfonamides is 1. The van der Waals surface area contributed by atoms with Gasteiger partial charge in [-0.1, -0.05) is 32.0 Å². The van der Waals surface area contributed by atoms with Crippen LogP contribution in [0, 0.1) is 0 Å². The molecule has 0 aliphatic rings.